The first-order chi connectivity index (χ1) is 5.29. The van der Waals surface area contributed by atoms with Gasteiger partial charge in [-0.1, -0.05) is 12.1 Å². The Morgan fingerprint density at radius 3 is 1.75 bits per heavy atom. The minimum Gasteiger partial charge on any atom is -0.386 e. The lowest BCUT2D eigenvalue weighted by atomic mass is 10.1. The zero-order valence-electron chi connectivity index (χ0n) is 5.94. The van der Waals surface area contributed by atoms with Gasteiger partial charge in [-0.15, -0.1) is 12.4 Å². The van der Waals surface area contributed by atoms with Crippen LogP contribution in [-0.4, -0.2) is 11.9 Å². The molecule has 0 fully saturated rings. The molecule has 0 unspecified atom stereocenters. The maximum Gasteiger partial charge on any atom is 0.346 e. The molecule has 0 N–H and O–H groups in total. The van der Waals surface area contributed by atoms with Crippen molar-refractivity contribution in [2.75, 3.05) is 0 Å². The molecule has 2 rings (SSSR count). The molecule has 0 bridgehead atoms. The first-order valence-corrected chi connectivity index (χ1v) is 3.14. The summed E-state index contributed by atoms with van der Waals surface area (Å²) in [5.74, 6) is -1.10. The Labute approximate surface area is 74.7 Å². The van der Waals surface area contributed by atoms with Crippen LogP contribution in [0.2, 0.25) is 0 Å². The van der Waals surface area contributed by atoms with Crippen LogP contribution in [-0.2, 0) is 4.74 Å². The highest BCUT2D eigenvalue weighted by Gasteiger charge is 2.28. The molecule has 12 heavy (non-hydrogen) atoms. The number of carbonyl (C=O) groups excluding carboxylic acids is 2. The predicted molar refractivity (Wildman–Crippen MR) is 43.4 cm³/mol. The normalized spacial score (nSPS) is 13.3. The third kappa shape index (κ3) is 1.08. The van der Waals surface area contributed by atoms with E-state index in [1.807, 2.05) is 0 Å². The second-order valence-corrected chi connectivity index (χ2v) is 2.22. The molecule has 1 aromatic rings. The molecule has 0 saturated carbocycles. The third-order valence-corrected chi connectivity index (χ3v) is 1.55. The largest absolute Gasteiger partial charge is 0.386 e. The molecule has 0 aliphatic carbocycles. The number of benzene rings is 1. The lowest BCUT2D eigenvalue weighted by Crippen LogP contribution is -1.96. The van der Waals surface area contributed by atoms with Crippen LogP contribution < -0.4 is 0 Å². The van der Waals surface area contributed by atoms with Gasteiger partial charge in [0, 0.05) is 0 Å². The Bertz CT molecular complexity index is 313. The third-order valence-electron chi connectivity index (χ3n) is 1.55. The van der Waals surface area contributed by atoms with E-state index in [0.29, 0.717) is 11.1 Å². The molecule has 1 aliphatic rings. The maximum absolute atomic E-state index is 10.8. The smallest absolute Gasteiger partial charge is 0.346 e. The molecule has 1 heterocycles. The summed E-state index contributed by atoms with van der Waals surface area (Å²) in [6, 6.07) is 6.53. The van der Waals surface area contributed by atoms with Crippen molar-refractivity contribution in [3.8, 4) is 0 Å². The van der Waals surface area contributed by atoms with Gasteiger partial charge in [-0.25, -0.2) is 9.59 Å². The van der Waals surface area contributed by atoms with Crippen LogP contribution >= 0.6 is 12.4 Å². The maximum atomic E-state index is 10.8. The van der Waals surface area contributed by atoms with E-state index >= 15 is 0 Å². The van der Waals surface area contributed by atoms with E-state index in [9.17, 15) is 9.59 Å². The fourth-order valence-electron chi connectivity index (χ4n) is 1.03. The lowest BCUT2D eigenvalue weighted by Gasteiger charge is -1.86. The van der Waals surface area contributed by atoms with Gasteiger partial charge in [-0.3, -0.25) is 0 Å². The van der Waals surface area contributed by atoms with E-state index in [4.69, 9.17) is 0 Å². The van der Waals surface area contributed by atoms with Crippen molar-refractivity contribution < 1.29 is 14.3 Å². The average molecular weight is 185 g/mol. The number of fused-ring (bicyclic) bond motifs is 1. The lowest BCUT2D eigenvalue weighted by molar-refractivity contribution is 0.0444. The van der Waals surface area contributed by atoms with Gasteiger partial charge < -0.3 is 4.74 Å². The van der Waals surface area contributed by atoms with Crippen molar-refractivity contribution in [1.82, 2.24) is 0 Å². The van der Waals surface area contributed by atoms with Crippen molar-refractivity contribution in [2.45, 2.75) is 0 Å². The van der Waals surface area contributed by atoms with Crippen LogP contribution in [0.4, 0.5) is 0 Å². The molecule has 0 amide bonds. The molecular formula is C8H5ClO3. The van der Waals surface area contributed by atoms with E-state index in [0.717, 1.165) is 0 Å². The number of halogens is 1. The molecule has 3 nitrogen and oxygen atoms in total. The second kappa shape index (κ2) is 2.95. The molecule has 0 spiro atoms. The highest BCUT2D eigenvalue weighted by Crippen LogP contribution is 2.18. The van der Waals surface area contributed by atoms with E-state index in [1.54, 1.807) is 24.3 Å². The number of hydrogen-bond acceptors (Lipinski definition) is 3. The Morgan fingerprint density at radius 1 is 0.917 bits per heavy atom. The van der Waals surface area contributed by atoms with Gasteiger partial charge in [0.2, 0.25) is 0 Å². The summed E-state index contributed by atoms with van der Waals surface area (Å²) in [6.45, 7) is 0. The minimum atomic E-state index is -0.550. The summed E-state index contributed by atoms with van der Waals surface area (Å²) >= 11 is 0. The van der Waals surface area contributed by atoms with Crippen LogP contribution in [0.1, 0.15) is 20.7 Å². The van der Waals surface area contributed by atoms with Crippen LogP contribution in [0.3, 0.4) is 0 Å². The Morgan fingerprint density at radius 2 is 1.33 bits per heavy atom. The molecule has 4 heteroatoms. The standard InChI is InChI=1S/C8H4O3.ClH/c9-7-5-3-1-2-4-6(5)8(10)11-7;/h1-4H;1H. The quantitative estimate of drug-likeness (QED) is 0.453. The first-order valence-electron chi connectivity index (χ1n) is 3.14. The SMILES string of the molecule is Cl.O=C1OC(=O)c2ccccc21. The van der Waals surface area contributed by atoms with Gasteiger partial charge in [0.1, 0.15) is 0 Å². The number of carbonyl (C=O) groups is 2. The zero-order valence-corrected chi connectivity index (χ0v) is 6.76. The summed E-state index contributed by atoms with van der Waals surface area (Å²) < 4.78 is 4.35. The molecule has 0 atom stereocenters. The summed E-state index contributed by atoms with van der Waals surface area (Å²) in [4.78, 5) is 21.7. The highest BCUT2D eigenvalue weighted by atomic mass is 35.5. The van der Waals surface area contributed by atoms with E-state index in [-0.39, 0.29) is 12.4 Å². The first kappa shape index (κ1) is 8.74. The second-order valence-electron chi connectivity index (χ2n) is 2.22. The van der Waals surface area contributed by atoms with Crippen molar-refractivity contribution >= 4 is 24.3 Å². The summed E-state index contributed by atoms with van der Waals surface area (Å²) in [6.07, 6.45) is 0. The van der Waals surface area contributed by atoms with Gasteiger partial charge in [0.05, 0.1) is 11.1 Å². The van der Waals surface area contributed by atoms with Crippen molar-refractivity contribution in [3.05, 3.63) is 35.4 Å². The number of rotatable bonds is 0. The van der Waals surface area contributed by atoms with Gasteiger partial charge >= 0.3 is 11.9 Å². The fourth-order valence-corrected chi connectivity index (χ4v) is 1.03. The average Bonchev–Trinajstić information content (AvgIpc) is 2.30. The zero-order chi connectivity index (χ0) is 7.84. The molecule has 0 aromatic heterocycles. The van der Waals surface area contributed by atoms with E-state index in [2.05, 4.69) is 4.74 Å². The summed E-state index contributed by atoms with van der Waals surface area (Å²) in [7, 11) is 0. The van der Waals surface area contributed by atoms with Crippen LogP contribution in [0, 0.1) is 0 Å². The molecular weight excluding hydrogens is 180 g/mol. The van der Waals surface area contributed by atoms with Gasteiger partial charge in [-0.05, 0) is 12.1 Å². The minimum absolute atomic E-state index is 0. The van der Waals surface area contributed by atoms with E-state index in [1.165, 1.54) is 0 Å². The van der Waals surface area contributed by atoms with Crippen molar-refractivity contribution in [3.63, 3.8) is 0 Å². The molecule has 62 valence electrons. The number of esters is 2. The Hall–Kier alpha value is -1.35. The van der Waals surface area contributed by atoms with Crippen LogP contribution in [0.25, 0.3) is 0 Å². The monoisotopic (exact) mass is 184 g/mol. The highest BCUT2D eigenvalue weighted by molar-refractivity contribution is 6.14. The molecule has 0 saturated heterocycles. The van der Waals surface area contributed by atoms with Crippen LogP contribution in [0.5, 0.6) is 0 Å². The van der Waals surface area contributed by atoms with Crippen LogP contribution in [0.15, 0.2) is 24.3 Å². The Kier molecular flexibility index (Phi) is 2.15. The number of cyclic esters (lactones) is 2. The topological polar surface area (TPSA) is 43.4 Å². The number of ether oxygens (including phenoxy) is 1. The van der Waals surface area contributed by atoms with Crippen molar-refractivity contribution in [2.24, 2.45) is 0 Å². The predicted octanol–water partition coefficient (Wildman–Crippen LogP) is 1.42. The number of hydrogen-bond donors (Lipinski definition) is 0. The van der Waals surface area contributed by atoms with Crippen molar-refractivity contribution in [1.29, 1.82) is 0 Å². The molecule has 1 aromatic carbocycles. The molecule has 1 aliphatic heterocycles. The Balaban J connectivity index is 0.000000720. The summed E-state index contributed by atoms with van der Waals surface area (Å²) in [5.41, 5.74) is 0.718. The molecule has 0 radical (unpaired) electrons. The van der Waals surface area contributed by atoms with Gasteiger partial charge in [0.15, 0.2) is 0 Å². The fraction of sp³-hybridized carbons (Fsp3) is 0. The van der Waals surface area contributed by atoms with E-state index < -0.39 is 11.9 Å². The van der Waals surface area contributed by atoms with Gasteiger partial charge in [0.25, 0.3) is 0 Å². The summed E-state index contributed by atoms with van der Waals surface area (Å²) in [5, 5.41) is 0. The van der Waals surface area contributed by atoms with Gasteiger partial charge in [-0.2, -0.15) is 0 Å².